The van der Waals surface area contributed by atoms with Gasteiger partial charge in [-0.05, 0) is 12.1 Å². The van der Waals surface area contributed by atoms with Gasteiger partial charge >= 0.3 is 5.97 Å². The predicted octanol–water partition coefficient (Wildman–Crippen LogP) is 0.404. The Morgan fingerprint density at radius 3 is 2.80 bits per heavy atom. The topological polar surface area (TPSA) is 89.0 Å². The van der Waals surface area contributed by atoms with E-state index in [0.717, 1.165) is 0 Å². The fourth-order valence-electron chi connectivity index (χ4n) is 2.30. The third-order valence-corrected chi connectivity index (χ3v) is 3.34. The lowest BCUT2D eigenvalue weighted by atomic mass is 10.2. The number of pyridine rings is 1. The molecule has 0 saturated carbocycles. The van der Waals surface area contributed by atoms with Crippen LogP contribution in [0, 0.1) is 0 Å². The first-order valence-corrected chi connectivity index (χ1v) is 6.14. The number of amides is 1. The van der Waals surface area contributed by atoms with Crippen molar-refractivity contribution in [1.29, 1.82) is 0 Å². The Morgan fingerprint density at radius 2 is 2.20 bits per heavy atom. The molecule has 0 aromatic carbocycles. The first-order valence-electron chi connectivity index (χ1n) is 6.14. The van der Waals surface area contributed by atoms with Gasteiger partial charge in [-0.2, -0.15) is 0 Å². The molecule has 2 rings (SSSR count). The number of hydrogen-bond donors (Lipinski definition) is 1. The molecule has 0 aliphatic carbocycles. The van der Waals surface area contributed by atoms with E-state index in [9.17, 15) is 14.7 Å². The molecule has 2 atom stereocenters. The van der Waals surface area contributed by atoms with E-state index in [4.69, 9.17) is 9.47 Å². The summed E-state index contributed by atoms with van der Waals surface area (Å²) in [4.78, 5) is 29.0. The maximum absolute atomic E-state index is 12.5. The molecule has 7 heteroatoms. The molecule has 1 amide bonds. The molecule has 7 nitrogen and oxygen atoms in total. The van der Waals surface area contributed by atoms with Gasteiger partial charge in [0.05, 0.1) is 13.2 Å². The monoisotopic (exact) mass is 280 g/mol. The number of likely N-dealkylation sites (tertiary alicyclic amines) is 1. The van der Waals surface area contributed by atoms with Crippen LogP contribution in [0.1, 0.15) is 16.8 Å². The van der Waals surface area contributed by atoms with Crippen molar-refractivity contribution in [3.05, 3.63) is 23.9 Å². The van der Waals surface area contributed by atoms with Crippen molar-refractivity contribution in [2.75, 3.05) is 20.8 Å². The summed E-state index contributed by atoms with van der Waals surface area (Å²) in [7, 11) is 2.91. The molecule has 1 N–H and O–H groups in total. The summed E-state index contributed by atoms with van der Waals surface area (Å²) in [5.74, 6) is -1.27. The molecule has 1 saturated heterocycles. The number of nitrogens with zero attached hydrogens (tertiary/aromatic N) is 2. The molecule has 1 fully saturated rings. The summed E-state index contributed by atoms with van der Waals surface area (Å²) in [6.45, 7) is 0.240. The smallest absolute Gasteiger partial charge is 0.326 e. The van der Waals surface area contributed by atoms with Gasteiger partial charge in [-0.15, -0.1) is 0 Å². The highest BCUT2D eigenvalue weighted by Crippen LogP contribution is 2.25. The van der Waals surface area contributed by atoms with Crippen molar-refractivity contribution < 1.29 is 24.2 Å². The molecule has 0 bridgehead atoms. The summed E-state index contributed by atoms with van der Waals surface area (Å²) < 4.78 is 10.2. The van der Waals surface area contributed by atoms with Crippen LogP contribution in [0.2, 0.25) is 0 Å². The normalized spacial score (nSPS) is 21.8. The quantitative estimate of drug-likeness (QED) is 0.859. The number of rotatable bonds is 4. The molecule has 1 aromatic heterocycles. The number of carboxylic acid groups (broad SMARTS) is 1. The third kappa shape index (κ3) is 2.57. The minimum Gasteiger partial charge on any atom is -0.480 e. The number of aromatic nitrogens is 1. The molecule has 1 aromatic rings. The maximum Gasteiger partial charge on any atom is 0.326 e. The molecule has 2 unspecified atom stereocenters. The molecule has 0 radical (unpaired) electrons. The Balaban J connectivity index is 2.29. The van der Waals surface area contributed by atoms with Gasteiger partial charge in [0.15, 0.2) is 0 Å². The lowest BCUT2D eigenvalue weighted by Crippen LogP contribution is -2.40. The molecule has 1 aliphatic heterocycles. The zero-order chi connectivity index (χ0) is 14.7. The van der Waals surface area contributed by atoms with Gasteiger partial charge in [-0.3, -0.25) is 4.79 Å². The lowest BCUT2D eigenvalue weighted by Gasteiger charge is -2.21. The molecular formula is C13H16N2O5. The van der Waals surface area contributed by atoms with Crippen molar-refractivity contribution in [2.45, 2.75) is 18.6 Å². The minimum atomic E-state index is -1.04. The molecule has 108 valence electrons. The van der Waals surface area contributed by atoms with Crippen molar-refractivity contribution in [2.24, 2.45) is 0 Å². The average molecular weight is 280 g/mol. The van der Waals surface area contributed by atoms with Crippen LogP contribution in [0.3, 0.4) is 0 Å². The van der Waals surface area contributed by atoms with Gasteiger partial charge in [0.25, 0.3) is 5.91 Å². The third-order valence-electron chi connectivity index (χ3n) is 3.34. The van der Waals surface area contributed by atoms with E-state index in [0.29, 0.717) is 0 Å². The summed E-state index contributed by atoms with van der Waals surface area (Å²) in [5, 5.41) is 9.22. The van der Waals surface area contributed by atoms with Crippen LogP contribution in [0.15, 0.2) is 18.3 Å². The maximum atomic E-state index is 12.5. The zero-order valence-corrected chi connectivity index (χ0v) is 11.3. The van der Waals surface area contributed by atoms with Crippen LogP contribution < -0.4 is 4.74 Å². The van der Waals surface area contributed by atoms with E-state index < -0.39 is 17.9 Å². The highest BCUT2D eigenvalue weighted by atomic mass is 16.5. The van der Waals surface area contributed by atoms with Crippen LogP contribution in [0.25, 0.3) is 0 Å². The molecule has 1 aliphatic rings. The number of hydrogen-bond acceptors (Lipinski definition) is 5. The highest BCUT2D eigenvalue weighted by Gasteiger charge is 2.40. The van der Waals surface area contributed by atoms with E-state index >= 15 is 0 Å². The second-order valence-corrected chi connectivity index (χ2v) is 4.47. The Morgan fingerprint density at radius 1 is 1.45 bits per heavy atom. The fraction of sp³-hybridized carbons (Fsp3) is 0.462. The molecular weight excluding hydrogens is 264 g/mol. The van der Waals surface area contributed by atoms with Crippen molar-refractivity contribution in [1.82, 2.24) is 9.88 Å². The molecule has 0 spiro atoms. The van der Waals surface area contributed by atoms with Gasteiger partial charge in [-0.1, -0.05) is 0 Å². The average Bonchev–Trinajstić information content (AvgIpc) is 2.91. The first kappa shape index (κ1) is 14.3. The van der Waals surface area contributed by atoms with Crippen LogP contribution in [0.4, 0.5) is 0 Å². The van der Waals surface area contributed by atoms with E-state index in [-0.39, 0.29) is 30.5 Å². The van der Waals surface area contributed by atoms with Crippen molar-refractivity contribution in [3.63, 3.8) is 0 Å². The van der Waals surface area contributed by atoms with Gasteiger partial charge in [0.1, 0.15) is 11.6 Å². The Bertz CT molecular complexity index is 519. The summed E-state index contributed by atoms with van der Waals surface area (Å²) >= 11 is 0. The number of carbonyl (C=O) groups excluding carboxylic acids is 1. The molecule has 20 heavy (non-hydrogen) atoms. The van der Waals surface area contributed by atoms with Crippen LogP contribution in [-0.4, -0.2) is 59.8 Å². The van der Waals surface area contributed by atoms with Gasteiger partial charge in [-0.25, -0.2) is 9.78 Å². The Hall–Kier alpha value is -2.15. The Kier molecular flexibility index (Phi) is 4.19. The minimum absolute atomic E-state index is 0.183. The predicted molar refractivity (Wildman–Crippen MR) is 68.7 cm³/mol. The molecule has 2 heterocycles. The highest BCUT2D eigenvalue weighted by molar-refractivity contribution is 5.98. The van der Waals surface area contributed by atoms with Crippen LogP contribution in [-0.2, 0) is 9.53 Å². The van der Waals surface area contributed by atoms with Gasteiger partial charge in [0.2, 0.25) is 5.88 Å². The number of ether oxygens (including phenoxy) is 2. The van der Waals surface area contributed by atoms with E-state index in [1.165, 1.54) is 25.3 Å². The van der Waals surface area contributed by atoms with Gasteiger partial charge in [0, 0.05) is 26.3 Å². The number of aliphatic carboxylic acids is 1. The fourth-order valence-corrected chi connectivity index (χ4v) is 2.30. The first-order chi connectivity index (χ1) is 9.58. The van der Waals surface area contributed by atoms with E-state index in [2.05, 4.69) is 4.98 Å². The van der Waals surface area contributed by atoms with E-state index in [1.54, 1.807) is 12.1 Å². The van der Waals surface area contributed by atoms with Crippen molar-refractivity contribution >= 4 is 11.9 Å². The summed E-state index contributed by atoms with van der Waals surface area (Å²) in [6.07, 6.45) is 1.51. The lowest BCUT2D eigenvalue weighted by molar-refractivity contribution is -0.141. The standard InChI is InChI=1S/C13H16N2O5/c1-19-8-6-10(13(17)18)15(7-8)12(16)9-4-3-5-14-11(9)20-2/h3-5,8,10H,6-7H2,1-2H3,(H,17,18). The van der Waals surface area contributed by atoms with Crippen molar-refractivity contribution in [3.8, 4) is 5.88 Å². The summed E-state index contributed by atoms with van der Waals surface area (Å²) in [5.41, 5.74) is 0.248. The second-order valence-electron chi connectivity index (χ2n) is 4.47. The van der Waals surface area contributed by atoms with Gasteiger partial charge < -0.3 is 19.5 Å². The van der Waals surface area contributed by atoms with Crippen LogP contribution >= 0.6 is 0 Å². The Labute approximate surface area is 116 Å². The SMILES string of the molecule is COc1ncccc1C(=O)N1CC(OC)CC1C(=O)O. The van der Waals surface area contributed by atoms with Crippen LogP contribution in [0.5, 0.6) is 5.88 Å². The number of carbonyl (C=O) groups is 2. The number of methoxy groups -OCH3 is 2. The summed E-state index contributed by atoms with van der Waals surface area (Å²) in [6, 6.07) is 2.28. The van der Waals surface area contributed by atoms with E-state index in [1.807, 2.05) is 0 Å². The zero-order valence-electron chi connectivity index (χ0n) is 11.3. The second kappa shape index (κ2) is 5.87. The largest absolute Gasteiger partial charge is 0.480 e. The number of carboxylic acids is 1.